The molecular weight excluding hydrogens is 240 g/mol. The number of aliphatic hydroxyl groups is 1. The van der Waals surface area contributed by atoms with Crippen molar-refractivity contribution in [2.45, 2.75) is 45.1 Å². The van der Waals surface area contributed by atoms with Crippen LogP contribution in [0.5, 0.6) is 0 Å². The Labute approximate surface area is 115 Å². The molecule has 106 valence electrons. The molecule has 1 unspecified atom stereocenters. The minimum Gasteiger partial charge on any atom is -0.481 e. The van der Waals surface area contributed by atoms with Crippen molar-refractivity contribution in [3.63, 3.8) is 0 Å². The third kappa shape index (κ3) is 14.3. The molecule has 0 fully saturated rings. The van der Waals surface area contributed by atoms with E-state index >= 15 is 0 Å². The lowest BCUT2D eigenvalue weighted by Gasteiger charge is -1.98. The highest BCUT2D eigenvalue weighted by atomic mass is 16.4. The van der Waals surface area contributed by atoms with E-state index in [2.05, 4.69) is 19.1 Å². The number of rotatable bonds is 10. The molecule has 0 bridgehead atoms. The van der Waals surface area contributed by atoms with E-state index in [0.717, 1.165) is 12.8 Å². The zero-order valence-corrected chi connectivity index (χ0v) is 11.5. The Morgan fingerprint density at radius 3 is 2.53 bits per heavy atom. The second-order valence-electron chi connectivity index (χ2n) is 4.14. The van der Waals surface area contributed by atoms with Crippen molar-refractivity contribution in [3.05, 3.63) is 48.6 Å². The standard InChI is InChI=1S/C16H24O3/c1-2-3-4-5-6-9-12-15(17)13-10-7-8-11-14-16(18)19/h3-4,6-10,13,15,17H,2,5,11-12,14H2,1H3,(H,18,19). The number of allylic oxidation sites excluding steroid dienone is 6. The van der Waals surface area contributed by atoms with Crippen LogP contribution in [0.4, 0.5) is 0 Å². The van der Waals surface area contributed by atoms with E-state index in [1.165, 1.54) is 0 Å². The van der Waals surface area contributed by atoms with Gasteiger partial charge in [-0.3, -0.25) is 4.79 Å². The topological polar surface area (TPSA) is 57.5 Å². The summed E-state index contributed by atoms with van der Waals surface area (Å²) in [6, 6.07) is 0. The highest BCUT2D eigenvalue weighted by molar-refractivity contribution is 5.66. The van der Waals surface area contributed by atoms with Gasteiger partial charge in [-0.05, 0) is 25.7 Å². The Balaban J connectivity index is 3.69. The molecule has 0 aliphatic heterocycles. The van der Waals surface area contributed by atoms with Gasteiger partial charge in [-0.2, -0.15) is 0 Å². The summed E-state index contributed by atoms with van der Waals surface area (Å²) < 4.78 is 0. The van der Waals surface area contributed by atoms with Gasteiger partial charge in [0.2, 0.25) is 0 Å². The summed E-state index contributed by atoms with van der Waals surface area (Å²) in [7, 11) is 0. The van der Waals surface area contributed by atoms with Crippen LogP contribution in [0.3, 0.4) is 0 Å². The number of hydrogen-bond acceptors (Lipinski definition) is 2. The highest BCUT2D eigenvalue weighted by Crippen LogP contribution is 1.98. The fourth-order valence-corrected chi connectivity index (χ4v) is 1.33. The molecule has 0 aliphatic carbocycles. The number of aliphatic hydroxyl groups excluding tert-OH is 1. The molecule has 0 aromatic rings. The van der Waals surface area contributed by atoms with Crippen molar-refractivity contribution >= 4 is 5.97 Å². The summed E-state index contributed by atoms with van der Waals surface area (Å²) in [6.45, 7) is 2.10. The maximum absolute atomic E-state index is 10.2. The van der Waals surface area contributed by atoms with Gasteiger partial charge in [0, 0.05) is 6.42 Å². The van der Waals surface area contributed by atoms with E-state index in [-0.39, 0.29) is 6.42 Å². The zero-order chi connectivity index (χ0) is 14.3. The number of carbonyl (C=O) groups is 1. The molecule has 0 saturated carbocycles. The van der Waals surface area contributed by atoms with Crippen LogP contribution in [0, 0.1) is 0 Å². The van der Waals surface area contributed by atoms with E-state index in [4.69, 9.17) is 5.11 Å². The molecule has 0 aliphatic rings. The largest absolute Gasteiger partial charge is 0.481 e. The van der Waals surface area contributed by atoms with Gasteiger partial charge in [0.15, 0.2) is 0 Å². The normalized spacial score (nSPS) is 14.2. The minimum absolute atomic E-state index is 0.140. The first-order valence-corrected chi connectivity index (χ1v) is 6.70. The van der Waals surface area contributed by atoms with Crippen LogP contribution in [-0.4, -0.2) is 22.3 Å². The average molecular weight is 264 g/mol. The second-order valence-corrected chi connectivity index (χ2v) is 4.14. The molecule has 0 aromatic heterocycles. The Morgan fingerprint density at radius 2 is 1.84 bits per heavy atom. The summed E-state index contributed by atoms with van der Waals surface area (Å²) in [6.07, 6.45) is 17.9. The maximum Gasteiger partial charge on any atom is 0.303 e. The second kappa shape index (κ2) is 12.8. The first kappa shape index (κ1) is 17.4. The molecule has 0 radical (unpaired) electrons. The lowest BCUT2D eigenvalue weighted by molar-refractivity contribution is -0.136. The lowest BCUT2D eigenvalue weighted by Crippen LogP contribution is -1.98. The number of carboxylic acids is 1. The van der Waals surface area contributed by atoms with Crippen molar-refractivity contribution in [1.29, 1.82) is 0 Å². The Kier molecular flexibility index (Phi) is 11.7. The first-order chi connectivity index (χ1) is 9.16. The maximum atomic E-state index is 10.2. The summed E-state index contributed by atoms with van der Waals surface area (Å²) in [4.78, 5) is 10.2. The van der Waals surface area contributed by atoms with Gasteiger partial charge in [-0.1, -0.05) is 55.5 Å². The molecule has 1 atom stereocenters. The SMILES string of the molecule is CCC=CCC=CCC(O)C=CC=CCCC(=O)O. The predicted molar refractivity (Wildman–Crippen MR) is 79.0 cm³/mol. The van der Waals surface area contributed by atoms with Crippen molar-refractivity contribution in [2.75, 3.05) is 0 Å². The molecule has 0 saturated heterocycles. The molecule has 3 heteroatoms. The summed E-state index contributed by atoms with van der Waals surface area (Å²) in [5.41, 5.74) is 0. The molecule has 0 rings (SSSR count). The molecule has 0 aromatic carbocycles. The van der Waals surface area contributed by atoms with Crippen LogP contribution in [0.15, 0.2) is 48.6 Å². The van der Waals surface area contributed by atoms with Crippen molar-refractivity contribution in [1.82, 2.24) is 0 Å². The summed E-state index contributed by atoms with van der Waals surface area (Å²) in [5, 5.41) is 18.0. The molecule has 0 amide bonds. The smallest absolute Gasteiger partial charge is 0.303 e. The fraction of sp³-hybridized carbons (Fsp3) is 0.438. The van der Waals surface area contributed by atoms with Crippen molar-refractivity contribution in [2.24, 2.45) is 0 Å². The average Bonchev–Trinajstić information content (AvgIpc) is 2.37. The monoisotopic (exact) mass is 264 g/mol. The van der Waals surface area contributed by atoms with E-state index in [1.54, 1.807) is 24.3 Å². The van der Waals surface area contributed by atoms with Crippen LogP contribution in [-0.2, 0) is 4.79 Å². The lowest BCUT2D eigenvalue weighted by atomic mass is 10.2. The molecule has 2 N–H and O–H groups in total. The Bertz CT molecular complexity index is 338. The predicted octanol–water partition coefficient (Wildman–Crippen LogP) is 3.63. The molecule has 19 heavy (non-hydrogen) atoms. The van der Waals surface area contributed by atoms with Gasteiger partial charge in [0.1, 0.15) is 0 Å². The van der Waals surface area contributed by atoms with Crippen LogP contribution >= 0.6 is 0 Å². The number of aliphatic carboxylic acids is 1. The molecule has 0 spiro atoms. The van der Waals surface area contributed by atoms with Gasteiger partial charge in [0.05, 0.1) is 6.10 Å². The van der Waals surface area contributed by atoms with Gasteiger partial charge < -0.3 is 10.2 Å². The van der Waals surface area contributed by atoms with Gasteiger partial charge in [-0.15, -0.1) is 0 Å². The molecular formula is C16H24O3. The summed E-state index contributed by atoms with van der Waals surface area (Å²) >= 11 is 0. The number of hydrogen-bond donors (Lipinski definition) is 2. The Hall–Kier alpha value is -1.61. The van der Waals surface area contributed by atoms with Gasteiger partial charge in [-0.25, -0.2) is 0 Å². The fourth-order valence-electron chi connectivity index (χ4n) is 1.33. The van der Waals surface area contributed by atoms with Crippen molar-refractivity contribution in [3.8, 4) is 0 Å². The van der Waals surface area contributed by atoms with Crippen LogP contribution in [0.1, 0.15) is 39.0 Å². The minimum atomic E-state index is -0.795. The van der Waals surface area contributed by atoms with Gasteiger partial charge >= 0.3 is 5.97 Å². The van der Waals surface area contributed by atoms with Crippen LogP contribution in [0.2, 0.25) is 0 Å². The van der Waals surface area contributed by atoms with Crippen LogP contribution < -0.4 is 0 Å². The number of carboxylic acid groups (broad SMARTS) is 1. The van der Waals surface area contributed by atoms with Gasteiger partial charge in [0.25, 0.3) is 0 Å². The van der Waals surface area contributed by atoms with E-state index in [9.17, 15) is 9.90 Å². The Morgan fingerprint density at radius 1 is 1.11 bits per heavy atom. The van der Waals surface area contributed by atoms with E-state index < -0.39 is 12.1 Å². The van der Waals surface area contributed by atoms with E-state index in [0.29, 0.717) is 12.8 Å². The third-order valence-electron chi connectivity index (χ3n) is 2.32. The van der Waals surface area contributed by atoms with Crippen LogP contribution in [0.25, 0.3) is 0 Å². The molecule has 0 heterocycles. The first-order valence-electron chi connectivity index (χ1n) is 6.70. The van der Waals surface area contributed by atoms with Crippen molar-refractivity contribution < 1.29 is 15.0 Å². The zero-order valence-electron chi connectivity index (χ0n) is 11.5. The third-order valence-corrected chi connectivity index (χ3v) is 2.32. The highest BCUT2D eigenvalue weighted by Gasteiger charge is 1.93. The quantitative estimate of drug-likeness (QED) is 0.468. The summed E-state index contributed by atoms with van der Waals surface area (Å²) in [5.74, 6) is -0.795. The van der Waals surface area contributed by atoms with E-state index in [1.807, 2.05) is 12.2 Å². The molecule has 3 nitrogen and oxygen atoms in total.